The number of hydrogen-bond acceptors (Lipinski definition) is 5. The van der Waals surface area contributed by atoms with Gasteiger partial charge in [-0.25, -0.2) is 9.37 Å². The highest BCUT2D eigenvalue weighted by Crippen LogP contribution is 2.25. The number of nitrogens with zero attached hydrogens (tertiary/aromatic N) is 2. The monoisotopic (exact) mass is 337 g/mol. The average molecular weight is 337 g/mol. The molecule has 1 N–H and O–H groups in total. The van der Waals surface area contributed by atoms with Crippen LogP contribution in [-0.2, 0) is 9.59 Å². The quantitative estimate of drug-likeness (QED) is 0.931. The van der Waals surface area contributed by atoms with Gasteiger partial charge in [-0.05, 0) is 12.1 Å². The molecule has 1 aliphatic rings. The fraction of sp³-hybridized carbons (Fsp3) is 0.214. The molecule has 0 bridgehead atoms. The summed E-state index contributed by atoms with van der Waals surface area (Å²) in [5.74, 6) is 0.323. The van der Waals surface area contributed by atoms with E-state index in [4.69, 9.17) is 0 Å². The van der Waals surface area contributed by atoms with Crippen molar-refractivity contribution in [3.63, 3.8) is 0 Å². The van der Waals surface area contributed by atoms with E-state index in [1.54, 1.807) is 17.5 Å². The fourth-order valence-corrected chi connectivity index (χ4v) is 3.62. The third-order valence-corrected chi connectivity index (χ3v) is 4.73. The molecule has 114 valence electrons. The molecule has 2 heterocycles. The van der Waals surface area contributed by atoms with Crippen LogP contribution in [0.25, 0.3) is 11.3 Å². The SMILES string of the molecule is O=C(CN1CSCC1=O)Nc1nc(-c2cccc(F)c2)cs1. The van der Waals surface area contributed by atoms with Gasteiger partial charge < -0.3 is 10.2 Å². The van der Waals surface area contributed by atoms with E-state index >= 15 is 0 Å². The summed E-state index contributed by atoms with van der Waals surface area (Å²) in [4.78, 5) is 29.1. The van der Waals surface area contributed by atoms with Crippen molar-refractivity contribution in [3.8, 4) is 11.3 Å². The number of rotatable bonds is 4. The molecular formula is C14H12FN3O2S2. The summed E-state index contributed by atoms with van der Waals surface area (Å²) in [5.41, 5.74) is 1.26. The summed E-state index contributed by atoms with van der Waals surface area (Å²) in [6.07, 6.45) is 0. The van der Waals surface area contributed by atoms with Crippen molar-refractivity contribution < 1.29 is 14.0 Å². The molecule has 0 unspecified atom stereocenters. The lowest BCUT2D eigenvalue weighted by Crippen LogP contribution is -2.34. The molecule has 0 spiro atoms. The summed E-state index contributed by atoms with van der Waals surface area (Å²) < 4.78 is 13.2. The maximum atomic E-state index is 13.2. The molecule has 1 aliphatic heterocycles. The number of nitrogens with one attached hydrogen (secondary N) is 1. The lowest BCUT2D eigenvalue weighted by molar-refractivity contribution is -0.130. The predicted molar refractivity (Wildman–Crippen MR) is 85.2 cm³/mol. The fourth-order valence-electron chi connectivity index (χ4n) is 1.98. The molecule has 0 saturated carbocycles. The Morgan fingerprint density at radius 2 is 2.32 bits per heavy atom. The second kappa shape index (κ2) is 6.45. The Balaban J connectivity index is 1.64. The largest absolute Gasteiger partial charge is 0.323 e. The summed E-state index contributed by atoms with van der Waals surface area (Å²) in [5, 5.41) is 4.85. The van der Waals surface area contributed by atoms with Gasteiger partial charge in [-0.15, -0.1) is 23.1 Å². The van der Waals surface area contributed by atoms with Gasteiger partial charge in [0, 0.05) is 10.9 Å². The van der Waals surface area contributed by atoms with Gasteiger partial charge in [0.1, 0.15) is 12.4 Å². The zero-order valence-electron chi connectivity index (χ0n) is 11.4. The van der Waals surface area contributed by atoms with Gasteiger partial charge in [0.25, 0.3) is 0 Å². The smallest absolute Gasteiger partial charge is 0.245 e. The molecule has 3 rings (SSSR count). The number of hydrogen-bond donors (Lipinski definition) is 1. The molecule has 8 heteroatoms. The molecule has 1 saturated heterocycles. The highest BCUT2D eigenvalue weighted by molar-refractivity contribution is 8.00. The number of amides is 2. The van der Waals surface area contributed by atoms with Crippen molar-refractivity contribution in [1.82, 2.24) is 9.88 Å². The van der Waals surface area contributed by atoms with Gasteiger partial charge in [0.05, 0.1) is 17.3 Å². The first-order valence-corrected chi connectivity index (χ1v) is 8.52. The van der Waals surface area contributed by atoms with Crippen molar-refractivity contribution >= 4 is 40.0 Å². The van der Waals surface area contributed by atoms with Crippen molar-refractivity contribution in [3.05, 3.63) is 35.5 Å². The highest BCUT2D eigenvalue weighted by Gasteiger charge is 2.23. The zero-order chi connectivity index (χ0) is 15.5. The summed E-state index contributed by atoms with van der Waals surface area (Å²) in [6.45, 7) is 0.0285. The minimum absolute atomic E-state index is 0.0280. The highest BCUT2D eigenvalue weighted by atomic mass is 32.2. The van der Waals surface area contributed by atoms with Crippen molar-refractivity contribution in [1.29, 1.82) is 0 Å². The number of aromatic nitrogens is 1. The summed E-state index contributed by atoms with van der Waals surface area (Å²) in [7, 11) is 0. The van der Waals surface area contributed by atoms with E-state index in [1.807, 2.05) is 0 Å². The van der Waals surface area contributed by atoms with Crippen LogP contribution in [-0.4, -0.2) is 39.9 Å². The van der Waals surface area contributed by atoms with Gasteiger partial charge in [-0.1, -0.05) is 12.1 Å². The third-order valence-electron chi connectivity index (χ3n) is 3.03. The Kier molecular flexibility index (Phi) is 4.39. The minimum atomic E-state index is -0.332. The molecule has 0 atom stereocenters. The zero-order valence-corrected chi connectivity index (χ0v) is 13.0. The minimum Gasteiger partial charge on any atom is -0.323 e. The number of thioether (sulfide) groups is 1. The van der Waals surface area contributed by atoms with Crippen molar-refractivity contribution in [2.45, 2.75) is 0 Å². The van der Waals surface area contributed by atoms with Gasteiger partial charge in [-0.2, -0.15) is 0 Å². The van der Waals surface area contributed by atoms with E-state index in [1.165, 1.54) is 40.1 Å². The number of benzene rings is 1. The van der Waals surface area contributed by atoms with Crippen LogP contribution in [0, 0.1) is 5.82 Å². The maximum absolute atomic E-state index is 13.2. The van der Waals surface area contributed by atoms with E-state index < -0.39 is 0 Å². The van der Waals surface area contributed by atoms with Crippen LogP contribution < -0.4 is 5.32 Å². The molecular weight excluding hydrogens is 325 g/mol. The molecule has 1 fully saturated rings. The second-order valence-corrected chi connectivity index (χ2v) is 6.48. The standard InChI is InChI=1S/C14H12FN3O2S2/c15-10-3-1-2-9(4-10)11-6-22-14(16-11)17-12(19)5-18-8-21-7-13(18)20/h1-4,6H,5,7-8H2,(H,16,17,19). The number of carbonyl (C=O) groups excluding carboxylic acids is 2. The Bertz CT molecular complexity index is 720. The Hall–Kier alpha value is -1.93. The van der Waals surface area contributed by atoms with Crippen LogP contribution in [0.3, 0.4) is 0 Å². The molecule has 0 radical (unpaired) electrons. The Labute approximate surface area is 134 Å². The molecule has 1 aromatic heterocycles. The molecule has 22 heavy (non-hydrogen) atoms. The summed E-state index contributed by atoms with van der Waals surface area (Å²) >= 11 is 2.75. The van der Waals surface area contributed by atoms with Gasteiger partial charge in [-0.3, -0.25) is 9.59 Å². The van der Waals surface area contributed by atoms with E-state index in [0.29, 0.717) is 28.0 Å². The van der Waals surface area contributed by atoms with Crippen LogP contribution in [0.5, 0.6) is 0 Å². The summed E-state index contributed by atoms with van der Waals surface area (Å²) in [6, 6.07) is 6.12. The Morgan fingerprint density at radius 1 is 1.45 bits per heavy atom. The van der Waals surface area contributed by atoms with E-state index in [9.17, 15) is 14.0 Å². The van der Waals surface area contributed by atoms with Crippen molar-refractivity contribution in [2.75, 3.05) is 23.5 Å². The van der Waals surface area contributed by atoms with Gasteiger partial charge in [0.15, 0.2) is 5.13 Å². The first-order valence-electron chi connectivity index (χ1n) is 6.48. The second-order valence-electron chi connectivity index (χ2n) is 4.67. The Morgan fingerprint density at radius 3 is 3.05 bits per heavy atom. The lowest BCUT2D eigenvalue weighted by atomic mass is 10.2. The number of anilines is 1. The molecule has 2 aromatic rings. The molecule has 2 amide bonds. The topological polar surface area (TPSA) is 62.3 Å². The molecule has 0 aliphatic carbocycles. The number of carbonyl (C=O) groups is 2. The van der Waals surface area contributed by atoms with E-state index in [2.05, 4.69) is 10.3 Å². The number of thiazole rings is 1. The van der Waals surface area contributed by atoms with Crippen LogP contribution in [0.4, 0.5) is 9.52 Å². The van der Waals surface area contributed by atoms with Crippen LogP contribution in [0.1, 0.15) is 0 Å². The normalized spacial score (nSPS) is 14.4. The predicted octanol–water partition coefficient (Wildman–Crippen LogP) is 2.42. The van der Waals surface area contributed by atoms with E-state index in [-0.39, 0.29) is 24.2 Å². The van der Waals surface area contributed by atoms with Crippen LogP contribution in [0.2, 0.25) is 0 Å². The van der Waals surface area contributed by atoms with E-state index in [0.717, 1.165) is 0 Å². The lowest BCUT2D eigenvalue weighted by Gasteiger charge is -2.12. The number of halogens is 1. The first kappa shape index (κ1) is 15.0. The average Bonchev–Trinajstić information content (AvgIpc) is 3.09. The van der Waals surface area contributed by atoms with Gasteiger partial charge in [0.2, 0.25) is 11.8 Å². The third kappa shape index (κ3) is 3.45. The molecule has 5 nitrogen and oxygen atoms in total. The van der Waals surface area contributed by atoms with Gasteiger partial charge >= 0.3 is 0 Å². The molecule has 1 aromatic carbocycles. The van der Waals surface area contributed by atoms with Crippen LogP contribution >= 0.6 is 23.1 Å². The first-order chi connectivity index (χ1) is 10.6. The van der Waals surface area contributed by atoms with Crippen molar-refractivity contribution in [2.24, 2.45) is 0 Å². The maximum Gasteiger partial charge on any atom is 0.245 e. The van der Waals surface area contributed by atoms with Crippen LogP contribution in [0.15, 0.2) is 29.6 Å².